The number of ether oxygens (including phenoxy) is 1. The van der Waals surface area contributed by atoms with Crippen molar-refractivity contribution in [1.29, 1.82) is 0 Å². The van der Waals surface area contributed by atoms with Crippen LogP contribution in [0.3, 0.4) is 0 Å². The predicted molar refractivity (Wildman–Crippen MR) is 123 cm³/mol. The molecule has 1 nitrogen and oxygen atoms in total. The van der Waals surface area contributed by atoms with Crippen LogP contribution in [0, 0.1) is 23.4 Å². The third-order valence-electron chi connectivity index (χ3n) is 6.42. The van der Waals surface area contributed by atoms with Gasteiger partial charge in [0.05, 0.1) is 6.61 Å². The lowest BCUT2D eigenvalue weighted by Crippen LogP contribution is -2.12. The summed E-state index contributed by atoms with van der Waals surface area (Å²) in [5.41, 5.74) is 3.07. The van der Waals surface area contributed by atoms with E-state index in [0.717, 1.165) is 42.4 Å². The number of hydrogen-bond acceptors (Lipinski definition) is 1. The Morgan fingerprint density at radius 1 is 0.844 bits per heavy atom. The van der Waals surface area contributed by atoms with Crippen LogP contribution in [0.1, 0.15) is 44.1 Å². The second-order valence-corrected chi connectivity index (χ2v) is 8.33. The lowest BCUT2D eigenvalue weighted by molar-refractivity contribution is 0.314. The molecule has 0 N–H and O–H groups in total. The van der Waals surface area contributed by atoms with Gasteiger partial charge in [0, 0.05) is 5.56 Å². The summed E-state index contributed by atoms with van der Waals surface area (Å²) in [5, 5.41) is 0. The predicted octanol–water partition coefficient (Wildman–Crippen LogP) is 8.30. The van der Waals surface area contributed by atoms with E-state index in [4.69, 9.17) is 4.74 Å². The highest BCUT2D eigenvalue weighted by atomic mass is 19.2. The molecular weight excluding hydrogens is 409 g/mol. The van der Waals surface area contributed by atoms with Crippen LogP contribution in [-0.2, 0) is 0 Å². The number of benzene rings is 3. The van der Waals surface area contributed by atoms with Gasteiger partial charge < -0.3 is 4.74 Å². The Balaban J connectivity index is 1.54. The van der Waals surface area contributed by atoms with Crippen molar-refractivity contribution in [3.8, 4) is 28.0 Å². The molecule has 1 aliphatic carbocycles. The summed E-state index contributed by atoms with van der Waals surface area (Å²) < 4.78 is 48.7. The molecule has 32 heavy (non-hydrogen) atoms. The average Bonchev–Trinajstić information content (AvgIpc) is 2.82. The Labute approximate surface area is 187 Å². The Kier molecular flexibility index (Phi) is 6.69. The molecule has 0 atom stereocenters. The summed E-state index contributed by atoms with van der Waals surface area (Å²) in [6.45, 7) is 5.85. The maximum atomic E-state index is 14.9. The quantitative estimate of drug-likeness (QED) is 0.353. The van der Waals surface area contributed by atoms with E-state index in [9.17, 15) is 13.2 Å². The van der Waals surface area contributed by atoms with E-state index in [1.165, 1.54) is 12.1 Å². The van der Waals surface area contributed by atoms with E-state index in [1.54, 1.807) is 37.3 Å². The van der Waals surface area contributed by atoms with Crippen molar-refractivity contribution in [3.05, 3.63) is 90.3 Å². The van der Waals surface area contributed by atoms with Gasteiger partial charge in [-0.1, -0.05) is 42.5 Å². The van der Waals surface area contributed by atoms with Gasteiger partial charge in [-0.2, -0.15) is 4.39 Å². The van der Waals surface area contributed by atoms with E-state index in [-0.39, 0.29) is 29.7 Å². The second kappa shape index (κ2) is 9.64. The summed E-state index contributed by atoms with van der Waals surface area (Å²) in [5.74, 6) is -1.42. The van der Waals surface area contributed by atoms with Crippen molar-refractivity contribution in [2.24, 2.45) is 5.92 Å². The van der Waals surface area contributed by atoms with Gasteiger partial charge in [0.15, 0.2) is 11.6 Å². The van der Waals surface area contributed by atoms with E-state index in [0.29, 0.717) is 11.5 Å². The summed E-state index contributed by atoms with van der Waals surface area (Å²) >= 11 is 0. The molecule has 0 heterocycles. The van der Waals surface area contributed by atoms with Crippen LogP contribution >= 0.6 is 0 Å². The van der Waals surface area contributed by atoms with Crippen LogP contribution < -0.4 is 4.74 Å². The summed E-state index contributed by atoms with van der Waals surface area (Å²) in [6, 6.07) is 15.4. The molecule has 3 aromatic carbocycles. The number of halogens is 3. The number of rotatable bonds is 6. The number of hydrogen-bond donors (Lipinski definition) is 0. The van der Waals surface area contributed by atoms with Gasteiger partial charge >= 0.3 is 0 Å². The smallest absolute Gasteiger partial charge is 0.201 e. The minimum Gasteiger partial charge on any atom is -0.491 e. The van der Waals surface area contributed by atoms with Gasteiger partial charge in [-0.15, -0.1) is 6.58 Å². The van der Waals surface area contributed by atoms with E-state index < -0.39 is 11.6 Å². The van der Waals surface area contributed by atoms with E-state index in [2.05, 4.69) is 6.58 Å². The third kappa shape index (κ3) is 4.45. The van der Waals surface area contributed by atoms with Crippen molar-refractivity contribution >= 4 is 0 Å². The minimum absolute atomic E-state index is 0.0982. The van der Waals surface area contributed by atoms with Crippen molar-refractivity contribution in [2.45, 2.75) is 38.5 Å². The molecule has 4 heteroatoms. The second-order valence-electron chi connectivity index (χ2n) is 8.33. The summed E-state index contributed by atoms with van der Waals surface area (Å²) in [6.07, 6.45) is 6.07. The first-order valence-electron chi connectivity index (χ1n) is 11.2. The molecule has 0 aromatic heterocycles. The maximum Gasteiger partial charge on any atom is 0.201 e. The highest BCUT2D eigenvalue weighted by molar-refractivity contribution is 5.71. The molecule has 3 aromatic rings. The van der Waals surface area contributed by atoms with Crippen molar-refractivity contribution in [3.63, 3.8) is 0 Å². The Morgan fingerprint density at radius 3 is 2.12 bits per heavy atom. The molecule has 0 spiro atoms. The zero-order valence-corrected chi connectivity index (χ0v) is 18.2. The normalized spacial score (nSPS) is 18.4. The monoisotopic (exact) mass is 436 g/mol. The fraction of sp³-hybridized carbons (Fsp3) is 0.286. The topological polar surface area (TPSA) is 9.23 Å². The van der Waals surface area contributed by atoms with E-state index in [1.807, 2.05) is 18.2 Å². The standard InChI is InChI=1S/C28H27F3O/c1-3-18-5-7-20(8-6-18)23-14-13-22(17-25(23)29)19-9-11-21(12-10-19)24-15-16-26(32-4-2)28(31)27(24)30/h3,9-18,20H,1,4-8H2,2H3. The van der Waals surface area contributed by atoms with Gasteiger partial charge in [-0.05, 0) is 84.9 Å². The molecule has 0 amide bonds. The highest BCUT2D eigenvalue weighted by Gasteiger charge is 2.23. The highest BCUT2D eigenvalue weighted by Crippen LogP contribution is 2.38. The Bertz CT molecular complexity index is 1100. The Hall–Kier alpha value is -3.01. The zero-order chi connectivity index (χ0) is 22.7. The van der Waals surface area contributed by atoms with Crippen molar-refractivity contribution in [2.75, 3.05) is 6.61 Å². The molecule has 1 saturated carbocycles. The van der Waals surface area contributed by atoms with Gasteiger partial charge in [0.2, 0.25) is 5.82 Å². The lowest BCUT2D eigenvalue weighted by Gasteiger charge is -2.27. The summed E-state index contributed by atoms with van der Waals surface area (Å²) in [4.78, 5) is 0. The largest absolute Gasteiger partial charge is 0.491 e. The molecule has 0 saturated heterocycles. The molecule has 0 bridgehead atoms. The zero-order valence-electron chi connectivity index (χ0n) is 18.2. The van der Waals surface area contributed by atoms with Gasteiger partial charge in [0.1, 0.15) is 5.82 Å². The van der Waals surface area contributed by atoms with Crippen LogP contribution in [0.15, 0.2) is 67.3 Å². The molecular formula is C28H27F3O. The SMILES string of the molecule is C=CC1CCC(c2ccc(-c3ccc(-c4ccc(OCC)c(F)c4F)cc3)cc2F)CC1. The average molecular weight is 437 g/mol. The molecule has 166 valence electrons. The number of allylic oxidation sites excluding steroid dienone is 1. The van der Waals surface area contributed by atoms with Crippen LogP contribution in [0.4, 0.5) is 13.2 Å². The third-order valence-corrected chi connectivity index (χ3v) is 6.42. The first kappa shape index (κ1) is 22.2. The molecule has 0 unspecified atom stereocenters. The van der Waals surface area contributed by atoms with Gasteiger partial charge in [0.25, 0.3) is 0 Å². The first-order chi connectivity index (χ1) is 15.5. The van der Waals surface area contributed by atoms with E-state index >= 15 is 0 Å². The molecule has 1 aliphatic rings. The van der Waals surface area contributed by atoms with Crippen LogP contribution in [0.2, 0.25) is 0 Å². The fourth-order valence-corrected chi connectivity index (χ4v) is 4.57. The fourth-order valence-electron chi connectivity index (χ4n) is 4.57. The lowest BCUT2D eigenvalue weighted by atomic mass is 9.78. The molecule has 0 aliphatic heterocycles. The van der Waals surface area contributed by atoms with Crippen molar-refractivity contribution in [1.82, 2.24) is 0 Å². The molecule has 4 rings (SSSR count). The maximum absolute atomic E-state index is 14.9. The van der Waals surface area contributed by atoms with Crippen LogP contribution in [-0.4, -0.2) is 6.61 Å². The Morgan fingerprint density at radius 2 is 1.50 bits per heavy atom. The van der Waals surface area contributed by atoms with Crippen molar-refractivity contribution < 1.29 is 17.9 Å². The minimum atomic E-state index is -0.992. The summed E-state index contributed by atoms with van der Waals surface area (Å²) in [7, 11) is 0. The molecule has 1 fully saturated rings. The van der Waals surface area contributed by atoms with Gasteiger partial charge in [-0.25, -0.2) is 8.78 Å². The first-order valence-corrected chi connectivity index (χ1v) is 11.2. The van der Waals surface area contributed by atoms with Gasteiger partial charge in [-0.3, -0.25) is 0 Å². The molecule has 0 radical (unpaired) electrons. The van der Waals surface area contributed by atoms with Crippen LogP contribution in [0.5, 0.6) is 5.75 Å². The van der Waals surface area contributed by atoms with Crippen LogP contribution in [0.25, 0.3) is 22.3 Å².